The number of ketones is 1. The Bertz CT molecular complexity index is 883. The van der Waals surface area contributed by atoms with Gasteiger partial charge in [0.05, 0.1) is 29.5 Å². The van der Waals surface area contributed by atoms with Gasteiger partial charge in [-0.1, -0.05) is 27.7 Å². The average Bonchev–Trinajstić information content (AvgIpc) is 3.07. The maximum atomic E-state index is 13.3. The summed E-state index contributed by atoms with van der Waals surface area (Å²) >= 11 is 0. The molecule has 0 saturated heterocycles. The minimum Gasteiger partial charge on any atom is -0.396 e. The lowest BCUT2D eigenvalue weighted by atomic mass is 9.45. The highest BCUT2D eigenvalue weighted by Gasteiger charge is 2.69. The Morgan fingerprint density at radius 2 is 1.78 bits per heavy atom. The Morgan fingerprint density at radius 1 is 1.11 bits per heavy atom. The predicted molar refractivity (Wildman–Crippen MR) is 136 cm³/mol. The zero-order valence-electron chi connectivity index (χ0n) is 22.7. The summed E-state index contributed by atoms with van der Waals surface area (Å²) in [6, 6.07) is 0. The van der Waals surface area contributed by atoms with E-state index in [1.807, 2.05) is 13.8 Å². The van der Waals surface area contributed by atoms with Crippen molar-refractivity contribution in [1.82, 2.24) is 0 Å². The number of rotatable bonds is 7. The molecular weight excluding hydrogens is 460 g/mol. The summed E-state index contributed by atoms with van der Waals surface area (Å²) in [6.07, 6.45) is 2.60. The lowest BCUT2D eigenvalue weighted by Crippen LogP contribution is -2.63. The van der Waals surface area contributed by atoms with E-state index in [0.717, 1.165) is 12.0 Å². The number of fused-ring (bicyclic) bond motifs is 5. The molecule has 0 bridgehead atoms. The van der Waals surface area contributed by atoms with Gasteiger partial charge >= 0.3 is 0 Å². The smallest absolute Gasteiger partial charge is 0.159 e. The maximum Gasteiger partial charge on any atom is 0.159 e. The van der Waals surface area contributed by atoms with Gasteiger partial charge in [-0.25, -0.2) is 0 Å². The standard InChI is InChI=1S/C29H48O7/c1-16(2)17(8-11-30)12-25(34)28(5,35)24-7-10-29(36)19-13-21(31)20-14-22(32)23(33)15-26(20,3)18(19)6-9-27(24,29)4/h13,16-18,20,22-25,30,32-36H,6-12,14-15H2,1-5H3/t17-,18+,20+,22-,23+,24+,25-,26-,27-,28-,29-/m1/s1. The molecule has 0 aromatic rings. The van der Waals surface area contributed by atoms with E-state index >= 15 is 0 Å². The molecule has 3 fully saturated rings. The molecule has 0 spiro atoms. The number of aliphatic hydroxyl groups is 6. The average molecular weight is 509 g/mol. The van der Waals surface area contributed by atoms with Crippen LogP contribution in [0.25, 0.3) is 0 Å². The highest BCUT2D eigenvalue weighted by Crippen LogP contribution is 2.68. The summed E-state index contributed by atoms with van der Waals surface area (Å²) < 4.78 is 0. The number of allylic oxidation sites excluding steroid dienone is 1. The molecule has 0 amide bonds. The van der Waals surface area contributed by atoms with Crippen LogP contribution in [0.1, 0.15) is 86.0 Å². The highest BCUT2D eigenvalue weighted by molar-refractivity contribution is 5.95. The van der Waals surface area contributed by atoms with E-state index in [4.69, 9.17) is 0 Å². The van der Waals surface area contributed by atoms with Gasteiger partial charge in [0.1, 0.15) is 0 Å². The molecule has 0 radical (unpaired) electrons. The van der Waals surface area contributed by atoms with Gasteiger partial charge in [0.15, 0.2) is 5.78 Å². The van der Waals surface area contributed by atoms with Gasteiger partial charge in [0.25, 0.3) is 0 Å². The van der Waals surface area contributed by atoms with E-state index in [2.05, 4.69) is 13.8 Å². The first-order valence-electron chi connectivity index (χ1n) is 14.0. The van der Waals surface area contributed by atoms with Gasteiger partial charge in [-0.15, -0.1) is 0 Å². The second kappa shape index (κ2) is 9.42. The third kappa shape index (κ3) is 4.04. The summed E-state index contributed by atoms with van der Waals surface area (Å²) in [6.45, 7) is 9.84. The van der Waals surface area contributed by atoms with Crippen LogP contribution in [0, 0.1) is 40.4 Å². The Kier molecular flexibility index (Phi) is 7.38. The van der Waals surface area contributed by atoms with Crippen molar-refractivity contribution in [2.24, 2.45) is 40.4 Å². The Labute approximate surface area is 215 Å². The van der Waals surface area contributed by atoms with Gasteiger partial charge < -0.3 is 30.6 Å². The van der Waals surface area contributed by atoms with E-state index in [0.29, 0.717) is 38.5 Å². The van der Waals surface area contributed by atoms with Crippen LogP contribution in [-0.2, 0) is 4.79 Å². The maximum absolute atomic E-state index is 13.3. The van der Waals surface area contributed by atoms with Gasteiger partial charge in [-0.05, 0) is 99.0 Å². The Balaban J connectivity index is 1.65. The molecule has 4 aliphatic carbocycles. The van der Waals surface area contributed by atoms with Gasteiger partial charge in [-0.2, -0.15) is 0 Å². The van der Waals surface area contributed by atoms with Crippen LogP contribution in [0.15, 0.2) is 11.6 Å². The molecule has 7 heteroatoms. The second-order valence-corrected chi connectivity index (χ2v) is 13.6. The number of aliphatic hydroxyl groups excluding tert-OH is 4. The topological polar surface area (TPSA) is 138 Å². The number of carbonyl (C=O) groups is 1. The summed E-state index contributed by atoms with van der Waals surface area (Å²) in [5.41, 5.74) is -3.26. The van der Waals surface area contributed by atoms with E-state index in [1.165, 1.54) is 0 Å². The first-order valence-corrected chi connectivity index (χ1v) is 14.0. The van der Waals surface area contributed by atoms with Crippen LogP contribution in [0.3, 0.4) is 0 Å². The molecule has 0 unspecified atom stereocenters. The predicted octanol–water partition coefficient (Wildman–Crippen LogP) is 2.35. The van der Waals surface area contributed by atoms with Crippen LogP contribution in [0.4, 0.5) is 0 Å². The van der Waals surface area contributed by atoms with Crippen molar-refractivity contribution in [2.45, 2.75) is 115 Å². The van der Waals surface area contributed by atoms with Crippen LogP contribution in [0.5, 0.6) is 0 Å². The molecule has 4 rings (SSSR count). The third-order valence-corrected chi connectivity index (χ3v) is 11.5. The SMILES string of the molecule is CC(C)[C@H](CCO)C[C@@H](O)[C@](C)(O)[C@H]1CC[C@@]2(O)C3=CC(=O)[C@@H]4C[C@@H](O)[C@@H](O)C[C@]4(C)[C@H]3CC[C@]12C. The van der Waals surface area contributed by atoms with E-state index in [9.17, 15) is 35.4 Å². The fourth-order valence-electron chi connectivity index (χ4n) is 8.95. The summed E-state index contributed by atoms with van der Waals surface area (Å²) in [7, 11) is 0. The first-order chi connectivity index (χ1) is 16.6. The van der Waals surface area contributed by atoms with Crippen molar-refractivity contribution in [1.29, 1.82) is 0 Å². The molecule has 11 atom stereocenters. The molecule has 0 aromatic carbocycles. The van der Waals surface area contributed by atoms with E-state index in [-0.39, 0.29) is 48.4 Å². The van der Waals surface area contributed by atoms with Crippen LogP contribution >= 0.6 is 0 Å². The zero-order valence-corrected chi connectivity index (χ0v) is 22.7. The molecule has 7 nitrogen and oxygen atoms in total. The van der Waals surface area contributed by atoms with Crippen molar-refractivity contribution in [2.75, 3.05) is 6.61 Å². The normalized spacial score (nSPS) is 45.8. The van der Waals surface area contributed by atoms with Crippen molar-refractivity contribution >= 4 is 5.78 Å². The first kappa shape index (κ1) is 28.2. The van der Waals surface area contributed by atoms with Crippen molar-refractivity contribution in [3.05, 3.63) is 11.6 Å². The van der Waals surface area contributed by atoms with Gasteiger partial charge in [-0.3, -0.25) is 4.79 Å². The molecule has 206 valence electrons. The van der Waals surface area contributed by atoms with Crippen LogP contribution in [0.2, 0.25) is 0 Å². The molecule has 0 aliphatic heterocycles. The molecule has 3 saturated carbocycles. The van der Waals surface area contributed by atoms with Gasteiger partial charge in [0, 0.05) is 17.9 Å². The summed E-state index contributed by atoms with van der Waals surface area (Å²) in [5, 5.41) is 65.6. The fraction of sp³-hybridized carbons (Fsp3) is 0.897. The molecular formula is C29H48O7. The molecule has 0 aromatic heterocycles. The molecule has 4 aliphatic rings. The van der Waals surface area contributed by atoms with Gasteiger partial charge in [0.2, 0.25) is 0 Å². The highest BCUT2D eigenvalue weighted by atomic mass is 16.3. The van der Waals surface area contributed by atoms with Crippen molar-refractivity contribution in [3.8, 4) is 0 Å². The quantitative estimate of drug-likeness (QED) is 0.310. The number of carbonyl (C=O) groups excluding carboxylic acids is 1. The van der Waals surface area contributed by atoms with E-state index in [1.54, 1.807) is 13.0 Å². The molecule has 0 heterocycles. The lowest BCUT2D eigenvalue weighted by molar-refractivity contribution is -0.177. The Morgan fingerprint density at radius 3 is 2.39 bits per heavy atom. The minimum absolute atomic E-state index is 0.0354. The van der Waals surface area contributed by atoms with E-state index < -0.39 is 40.3 Å². The van der Waals surface area contributed by atoms with Crippen LogP contribution in [-0.4, -0.2) is 72.5 Å². The lowest BCUT2D eigenvalue weighted by Gasteiger charge is -2.60. The number of hydrogen-bond donors (Lipinski definition) is 6. The van der Waals surface area contributed by atoms with Crippen molar-refractivity contribution < 1.29 is 35.4 Å². The largest absolute Gasteiger partial charge is 0.396 e. The third-order valence-electron chi connectivity index (χ3n) is 11.5. The monoisotopic (exact) mass is 508 g/mol. The second-order valence-electron chi connectivity index (χ2n) is 13.6. The zero-order chi connectivity index (χ0) is 26.8. The summed E-state index contributed by atoms with van der Waals surface area (Å²) in [5.74, 6) is -0.586. The fourth-order valence-corrected chi connectivity index (χ4v) is 8.95. The van der Waals surface area contributed by atoms with Crippen LogP contribution < -0.4 is 0 Å². The molecule has 6 N–H and O–H groups in total. The minimum atomic E-state index is -1.44. The molecule has 36 heavy (non-hydrogen) atoms. The van der Waals surface area contributed by atoms with Crippen molar-refractivity contribution in [3.63, 3.8) is 0 Å². The Hall–Kier alpha value is -0.830. The summed E-state index contributed by atoms with van der Waals surface area (Å²) in [4.78, 5) is 13.3. The number of hydrogen-bond acceptors (Lipinski definition) is 7.